The fraction of sp³-hybridized carbons (Fsp3) is 0.273. The second-order valence-electron chi connectivity index (χ2n) is 7.47. The van der Waals surface area contributed by atoms with Gasteiger partial charge in [-0.2, -0.15) is 0 Å². The number of rotatable bonds is 3. The molecule has 4 aromatic rings. The molecule has 0 spiro atoms. The number of anilines is 1. The van der Waals surface area contributed by atoms with Gasteiger partial charge in [0.25, 0.3) is 0 Å². The van der Waals surface area contributed by atoms with Gasteiger partial charge in [-0.15, -0.1) is 6.58 Å². The Balaban J connectivity index is 1.66. The maximum Gasteiger partial charge on any atom is 0.150 e. The summed E-state index contributed by atoms with van der Waals surface area (Å²) in [6.45, 7) is 3.96. The topological polar surface area (TPSA) is 72.0 Å². The summed E-state index contributed by atoms with van der Waals surface area (Å²) in [6.07, 6.45) is 10.4. The maximum atomic E-state index is 6.28. The highest BCUT2D eigenvalue weighted by Gasteiger charge is 2.27. The molecular weight excluding hydrogens is 334 g/mol. The lowest BCUT2D eigenvalue weighted by Gasteiger charge is -2.25. The molecule has 0 atom stereocenters. The molecule has 5 heteroatoms. The standard InChI is InChI=1S/C22H23N5/c1-2-14-7-9-15(10-8-14)22-26-19(20-21(23)24-11-12-27(20)22)18-13-16-5-3-4-6-17(16)25-18/h2-6,11-15,25H,1,7-10H2,(H2,23,24). The second kappa shape index (κ2) is 6.27. The lowest BCUT2D eigenvalue weighted by atomic mass is 9.82. The number of aromatic nitrogens is 4. The van der Waals surface area contributed by atoms with Gasteiger partial charge in [0.2, 0.25) is 0 Å². The van der Waals surface area contributed by atoms with E-state index in [1.165, 1.54) is 18.2 Å². The van der Waals surface area contributed by atoms with Crippen LogP contribution < -0.4 is 5.73 Å². The van der Waals surface area contributed by atoms with Gasteiger partial charge in [-0.3, -0.25) is 4.40 Å². The largest absolute Gasteiger partial charge is 0.382 e. The highest BCUT2D eigenvalue weighted by Crippen LogP contribution is 2.38. The zero-order chi connectivity index (χ0) is 18.4. The van der Waals surface area contributed by atoms with Crippen molar-refractivity contribution < 1.29 is 0 Å². The number of nitrogens with two attached hydrogens (primary N) is 1. The predicted octanol–water partition coefficient (Wildman–Crippen LogP) is 4.92. The van der Waals surface area contributed by atoms with Crippen LogP contribution in [0.2, 0.25) is 0 Å². The Hall–Kier alpha value is -3.08. The zero-order valence-corrected chi connectivity index (χ0v) is 15.2. The molecule has 0 saturated heterocycles. The van der Waals surface area contributed by atoms with Crippen molar-refractivity contribution in [3.63, 3.8) is 0 Å². The number of fused-ring (bicyclic) bond motifs is 2. The van der Waals surface area contributed by atoms with Gasteiger partial charge in [0.05, 0.1) is 5.69 Å². The molecule has 1 aromatic carbocycles. The van der Waals surface area contributed by atoms with Crippen molar-refractivity contribution in [2.75, 3.05) is 5.73 Å². The molecule has 3 N–H and O–H groups in total. The molecule has 5 rings (SSSR count). The number of benzene rings is 1. The minimum atomic E-state index is 0.439. The van der Waals surface area contributed by atoms with Crippen molar-refractivity contribution in [2.45, 2.75) is 31.6 Å². The minimum absolute atomic E-state index is 0.439. The van der Waals surface area contributed by atoms with Gasteiger partial charge < -0.3 is 10.7 Å². The molecule has 1 saturated carbocycles. The SMILES string of the molecule is C=CC1CCC(c2nc(-c3cc4ccccc4[nH]3)c3c(N)nccn23)CC1. The summed E-state index contributed by atoms with van der Waals surface area (Å²) in [5.41, 5.74) is 10.1. The fourth-order valence-corrected chi connectivity index (χ4v) is 4.38. The molecule has 0 aliphatic heterocycles. The minimum Gasteiger partial charge on any atom is -0.382 e. The molecule has 0 bridgehead atoms. The quantitative estimate of drug-likeness (QED) is 0.511. The number of nitrogens with zero attached hydrogens (tertiary/aromatic N) is 3. The summed E-state index contributed by atoms with van der Waals surface area (Å²) in [5, 5.41) is 1.17. The van der Waals surface area contributed by atoms with Gasteiger partial charge in [0.1, 0.15) is 22.9 Å². The molecule has 0 amide bonds. The van der Waals surface area contributed by atoms with Crippen molar-refractivity contribution in [1.82, 2.24) is 19.4 Å². The molecular formula is C22H23N5. The van der Waals surface area contributed by atoms with Crippen LogP contribution in [0.15, 0.2) is 55.4 Å². The monoisotopic (exact) mass is 357 g/mol. The smallest absolute Gasteiger partial charge is 0.150 e. The number of hydrogen-bond donors (Lipinski definition) is 2. The average Bonchev–Trinajstić information content (AvgIpc) is 3.30. The first kappa shape index (κ1) is 16.1. The number of allylic oxidation sites excluding steroid dienone is 1. The van der Waals surface area contributed by atoms with Gasteiger partial charge in [-0.1, -0.05) is 24.3 Å². The van der Waals surface area contributed by atoms with E-state index in [0.29, 0.717) is 17.7 Å². The number of nitrogens with one attached hydrogen (secondary N) is 1. The molecule has 0 radical (unpaired) electrons. The van der Waals surface area contributed by atoms with Crippen molar-refractivity contribution in [3.05, 3.63) is 61.2 Å². The highest BCUT2D eigenvalue weighted by molar-refractivity contribution is 5.91. The van der Waals surface area contributed by atoms with Gasteiger partial charge in [-0.05, 0) is 43.7 Å². The molecule has 5 nitrogen and oxygen atoms in total. The third kappa shape index (κ3) is 2.62. The Bertz CT molecular complexity index is 1100. The normalized spacial score (nSPS) is 20.3. The van der Waals surface area contributed by atoms with E-state index in [-0.39, 0.29) is 0 Å². The zero-order valence-electron chi connectivity index (χ0n) is 15.2. The number of para-hydroxylation sites is 1. The second-order valence-corrected chi connectivity index (χ2v) is 7.47. The molecule has 136 valence electrons. The van der Waals surface area contributed by atoms with E-state index in [2.05, 4.69) is 45.2 Å². The third-order valence-corrected chi connectivity index (χ3v) is 5.87. The van der Waals surface area contributed by atoms with Crippen LogP contribution in [0.1, 0.15) is 37.4 Å². The molecule has 0 unspecified atom stereocenters. The van der Waals surface area contributed by atoms with Crippen LogP contribution in [-0.2, 0) is 0 Å². The maximum absolute atomic E-state index is 6.28. The average molecular weight is 357 g/mol. The first-order valence-corrected chi connectivity index (χ1v) is 9.57. The number of nitrogen functional groups attached to an aromatic ring is 1. The van der Waals surface area contributed by atoms with Crippen LogP contribution >= 0.6 is 0 Å². The molecule has 1 aliphatic carbocycles. The van der Waals surface area contributed by atoms with Gasteiger partial charge >= 0.3 is 0 Å². The number of hydrogen-bond acceptors (Lipinski definition) is 3. The van der Waals surface area contributed by atoms with Gasteiger partial charge in [0.15, 0.2) is 0 Å². The molecule has 1 fully saturated rings. The lowest BCUT2D eigenvalue weighted by Crippen LogP contribution is -2.14. The molecule has 3 heterocycles. The molecule has 27 heavy (non-hydrogen) atoms. The molecule has 3 aromatic heterocycles. The highest BCUT2D eigenvalue weighted by atomic mass is 15.1. The predicted molar refractivity (Wildman–Crippen MR) is 110 cm³/mol. The van der Waals surface area contributed by atoms with Crippen molar-refractivity contribution in [1.29, 1.82) is 0 Å². The van der Waals surface area contributed by atoms with E-state index in [4.69, 9.17) is 10.7 Å². The summed E-state index contributed by atoms with van der Waals surface area (Å²) in [4.78, 5) is 12.9. The van der Waals surface area contributed by atoms with E-state index in [9.17, 15) is 0 Å². The van der Waals surface area contributed by atoms with Gasteiger partial charge in [-0.25, -0.2) is 9.97 Å². The molecule has 1 aliphatic rings. The van der Waals surface area contributed by atoms with E-state index in [1.807, 2.05) is 18.3 Å². The fourth-order valence-electron chi connectivity index (χ4n) is 4.38. The summed E-state index contributed by atoms with van der Waals surface area (Å²) >= 11 is 0. The third-order valence-electron chi connectivity index (χ3n) is 5.87. The number of H-pyrrole nitrogens is 1. The first-order chi connectivity index (χ1) is 13.2. The number of imidazole rings is 1. The summed E-state index contributed by atoms with van der Waals surface area (Å²) in [7, 11) is 0. The van der Waals surface area contributed by atoms with Crippen molar-refractivity contribution >= 4 is 22.2 Å². The summed E-state index contributed by atoms with van der Waals surface area (Å²) in [6, 6.07) is 10.4. The van der Waals surface area contributed by atoms with E-state index < -0.39 is 0 Å². The number of aromatic amines is 1. The van der Waals surface area contributed by atoms with E-state index in [0.717, 1.165) is 41.1 Å². The van der Waals surface area contributed by atoms with Crippen LogP contribution in [-0.4, -0.2) is 19.4 Å². The lowest BCUT2D eigenvalue weighted by molar-refractivity contribution is 0.366. The van der Waals surface area contributed by atoms with Gasteiger partial charge in [0, 0.05) is 29.2 Å². The van der Waals surface area contributed by atoms with Crippen LogP contribution in [0.4, 0.5) is 5.82 Å². The van der Waals surface area contributed by atoms with Crippen molar-refractivity contribution in [2.24, 2.45) is 5.92 Å². The Labute approximate surface area is 158 Å². The van der Waals surface area contributed by atoms with Crippen molar-refractivity contribution in [3.8, 4) is 11.4 Å². The van der Waals surface area contributed by atoms with Crippen LogP contribution in [0, 0.1) is 5.92 Å². The first-order valence-electron chi connectivity index (χ1n) is 9.57. The van der Waals surface area contributed by atoms with E-state index in [1.54, 1.807) is 6.20 Å². The summed E-state index contributed by atoms with van der Waals surface area (Å²) < 4.78 is 2.14. The Morgan fingerprint density at radius 3 is 2.78 bits per heavy atom. The Morgan fingerprint density at radius 2 is 2.00 bits per heavy atom. The Kier molecular flexibility index (Phi) is 3.74. The van der Waals surface area contributed by atoms with E-state index >= 15 is 0 Å². The van der Waals surface area contributed by atoms with Crippen LogP contribution in [0.25, 0.3) is 27.8 Å². The Morgan fingerprint density at radius 1 is 1.19 bits per heavy atom. The van der Waals surface area contributed by atoms with Crippen LogP contribution in [0.5, 0.6) is 0 Å². The van der Waals surface area contributed by atoms with Crippen LogP contribution in [0.3, 0.4) is 0 Å². The summed E-state index contributed by atoms with van der Waals surface area (Å²) in [5.74, 6) is 2.68.